The van der Waals surface area contributed by atoms with Gasteiger partial charge in [-0.25, -0.2) is 0 Å². The zero-order valence-electron chi connectivity index (χ0n) is 15.5. The third-order valence-corrected chi connectivity index (χ3v) is 5.91. The number of hydrogen-bond donors (Lipinski definition) is 2. The normalized spacial score (nSPS) is 24.0. The van der Waals surface area contributed by atoms with Crippen LogP contribution in [0.25, 0.3) is 0 Å². The summed E-state index contributed by atoms with van der Waals surface area (Å²) in [4.78, 5) is 14.8. The molecule has 3 rings (SSSR count). The largest absolute Gasteiger partial charge is 0.354 e. The molecule has 2 fully saturated rings. The average molecular weight is 344 g/mol. The van der Waals surface area contributed by atoms with Gasteiger partial charge in [-0.1, -0.05) is 30.3 Å². The van der Waals surface area contributed by atoms with Gasteiger partial charge in [-0.2, -0.15) is 0 Å². The highest BCUT2D eigenvalue weighted by Crippen LogP contribution is 2.23. The minimum atomic E-state index is -0.00535. The Labute approximate surface area is 152 Å². The lowest BCUT2D eigenvalue weighted by Gasteiger charge is -2.35. The Hall–Kier alpha value is -1.39. The Morgan fingerprint density at radius 1 is 1.20 bits per heavy atom. The maximum absolute atomic E-state index is 12.5. The van der Waals surface area contributed by atoms with E-state index >= 15 is 0 Å². The van der Waals surface area contributed by atoms with Crippen molar-refractivity contribution in [1.29, 1.82) is 0 Å². The quantitative estimate of drug-likeness (QED) is 0.834. The van der Waals surface area contributed by atoms with Gasteiger partial charge < -0.3 is 10.6 Å². The van der Waals surface area contributed by atoms with Crippen molar-refractivity contribution in [2.24, 2.45) is 11.8 Å². The Kier molecular flexibility index (Phi) is 6.88. The smallest absolute Gasteiger partial charge is 0.237 e. The number of nitrogens with zero attached hydrogens (tertiary/aromatic N) is 1. The number of hydrogen-bond acceptors (Lipinski definition) is 3. The van der Waals surface area contributed by atoms with Gasteiger partial charge in [0.1, 0.15) is 0 Å². The van der Waals surface area contributed by atoms with E-state index in [4.69, 9.17) is 0 Å². The van der Waals surface area contributed by atoms with Crippen LogP contribution in [0.1, 0.15) is 38.2 Å². The van der Waals surface area contributed by atoms with Gasteiger partial charge in [0.25, 0.3) is 0 Å². The molecule has 1 amide bonds. The summed E-state index contributed by atoms with van der Waals surface area (Å²) in [6, 6.07) is 10.8. The first kappa shape index (κ1) is 18.4. The van der Waals surface area contributed by atoms with E-state index in [1.54, 1.807) is 0 Å². The molecule has 1 aromatic rings. The number of carbonyl (C=O) groups excluding carboxylic acids is 1. The van der Waals surface area contributed by atoms with Crippen LogP contribution >= 0.6 is 0 Å². The lowest BCUT2D eigenvalue weighted by molar-refractivity contribution is -0.126. The molecule has 0 radical (unpaired) electrons. The Bertz CT molecular complexity index is 519. The predicted octanol–water partition coefficient (Wildman–Crippen LogP) is 2.45. The highest BCUT2D eigenvalue weighted by molar-refractivity contribution is 5.81. The SMILES string of the molecule is CC(C(=O)NCC1CCCNC1)N1CCC(Cc2ccccc2)CC1. The summed E-state index contributed by atoms with van der Waals surface area (Å²) in [6.07, 6.45) is 6.01. The van der Waals surface area contributed by atoms with Crippen molar-refractivity contribution in [3.8, 4) is 0 Å². The van der Waals surface area contributed by atoms with Crippen molar-refractivity contribution < 1.29 is 4.79 Å². The van der Waals surface area contributed by atoms with Crippen molar-refractivity contribution in [1.82, 2.24) is 15.5 Å². The third-order valence-electron chi connectivity index (χ3n) is 5.91. The molecule has 138 valence electrons. The zero-order valence-corrected chi connectivity index (χ0v) is 15.5. The van der Waals surface area contributed by atoms with Gasteiger partial charge in [0.2, 0.25) is 5.91 Å². The van der Waals surface area contributed by atoms with Crippen molar-refractivity contribution in [2.45, 2.75) is 45.1 Å². The number of amides is 1. The van der Waals surface area contributed by atoms with E-state index in [1.165, 1.54) is 37.7 Å². The molecular weight excluding hydrogens is 310 g/mol. The van der Waals surface area contributed by atoms with Gasteiger partial charge in [0.05, 0.1) is 6.04 Å². The predicted molar refractivity (Wildman–Crippen MR) is 103 cm³/mol. The molecular formula is C21H33N3O. The third kappa shape index (κ3) is 5.55. The zero-order chi connectivity index (χ0) is 17.5. The second kappa shape index (κ2) is 9.35. The molecule has 0 spiro atoms. The summed E-state index contributed by atoms with van der Waals surface area (Å²) in [5.74, 6) is 1.55. The van der Waals surface area contributed by atoms with Crippen LogP contribution in [0.3, 0.4) is 0 Å². The minimum Gasteiger partial charge on any atom is -0.354 e. The second-order valence-electron chi connectivity index (χ2n) is 7.80. The minimum absolute atomic E-state index is 0.00535. The number of carbonyl (C=O) groups is 1. The molecule has 25 heavy (non-hydrogen) atoms. The summed E-state index contributed by atoms with van der Waals surface area (Å²) < 4.78 is 0. The molecule has 1 aromatic carbocycles. The standard InChI is InChI=1S/C21H33N3O/c1-17(21(25)23-16-20-8-5-11-22-15-20)24-12-9-19(10-13-24)14-18-6-3-2-4-7-18/h2-4,6-7,17,19-20,22H,5,8-16H2,1H3,(H,23,25). The van der Waals surface area contributed by atoms with Crippen LogP contribution in [0.15, 0.2) is 30.3 Å². The summed E-state index contributed by atoms with van der Waals surface area (Å²) in [7, 11) is 0. The molecule has 0 aromatic heterocycles. The van der Waals surface area contributed by atoms with Crippen LogP contribution in [0, 0.1) is 11.8 Å². The Morgan fingerprint density at radius 3 is 2.64 bits per heavy atom. The molecule has 2 aliphatic rings. The molecule has 0 saturated carbocycles. The number of likely N-dealkylation sites (tertiary alicyclic amines) is 1. The topological polar surface area (TPSA) is 44.4 Å². The Balaban J connectivity index is 1.38. The van der Waals surface area contributed by atoms with Gasteiger partial charge in [0, 0.05) is 6.54 Å². The first-order valence-corrected chi connectivity index (χ1v) is 9.99. The van der Waals surface area contributed by atoms with Crippen molar-refractivity contribution in [3.05, 3.63) is 35.9 Å². The van der Waals surface area contributed by atoms with E-state index in [0.717, 1.165) is 38.6 Å². The first-order chi connectivity index (χ1) is 12.2. The highest BCUT2D eigenvalue weighted by Gasteiger charge is 2.27. The number of rotatable bonds is 6. The van der Waals surface area contributed by atoms with Gasteiger partial charge in [-0.15, -0.1) is 0 Å². The van der Waals surface area contributed by atoms with Crippen LogP contribution in [0.2, 0.25) is 0 Å². The van der Waals surface area contributed by atoms with Crippen molar-refractivity contribution in [3.63, 3.8) is 0 Å². The van der Waals surface area contributed by atoms with Crippen LogP contribution in [-0.2, 0) is 11.2 Å². The van der Waals surface area contributed by atoms with E-state index in [-0.39, 0.29) is 11.9 Å². The molecule has 0 aliphatic carbocycles. The van der Waals surface area contributed by atoms with Crippen LogP contribution in [0.5, 0.6) is 0 Å². The van der Waals surface area contributed by atoms with E-state index in [9.17, 15) is 4.79 Å². The van der Waals surface area contributed by atoms with Crippen molar-refractivity contribution >= 4 is 5.91 Å². The summed E-state index contributed by atoms with van der Waals surface area (Å²) >= 11 is 0. The maximum atomic E-state index is 12.5. The number of benzene rings is 1. The average Bonchev–Trinajstić information content (AvgIpc) is 2.68. The fourth-order valence-corrected chi connectivity index (χ4v) is 4.15. The Morgan fingerprint density at radius 2 is 1.96 bits per heavy atom. The van der Waals surface area contributed by atoms with E-state index in [0.29, 0.717) is 5.92 Å². The van der Waals surface area contributed by atoms with E-state index in [1.807, 2.05) is 0 Å². The lowest BCUT2D eigenvalue weighted by Crippen LogP contribution is -2.49. The summed E-state index contributed by atoms with van der Waals surface area (Å²) in [6.45, 7) is 7.12. The van der Waals surface area contributed by atoms with Gasteiger partial charge >= 0.3 is 0 Å². The molecule has 0 bridgehead atoms. The highest BCUT2D eigenvalue weighted by atomic mass is 16.2. The molecule has 4 heteroatoms. The van der Waals surface area contributed by atoms with E-state index < -0.39 is 0 Å². The molecule has 2 aliphatic heterocycles. The summed E-state index contributed by atoms with van der Waals surface area (Å²) in [5.41, 5.74) is 1.44. The molecule has 4 nitrogen and oxygen atoms in total. The molecule has 2 heterocycles. The van der Waals surface area contributed by atoms with E-state index in [2.05, 4.69) is 52.8 Å². The number of piperidine rings is 2. The van der Waals surface area contributed by atoms with Gasteiger partial charge in [-0.05, 0) is 82.6 Å². The molecule has 2 atom stereocenters. The fourth-order valence-electron chi connectivity index (χ4n) is 4.15. The molecule has 2 N–H and O–H groups in total. The molecule has 2 unspecified atom stereocenters. The molecule has 2 saturated heterocycles. The van der Waals surface area contributed by atoms with Gasteiger partial charge in [0.15, 0.2) is 0 Å². The fraction of sp³-hybridized carbons (Fsp3) is 0.667. The van der Waals surface area contributed by atoms with Crippen molar-refractivity contribution in [2.75, 3.05) is 32.7 Å². The number of nitrogens with one attached hydrogen (secondary N) is 2. The second-order valence-corrected chi connectivity index (χ2v) is 7.80. The monoisotopic (exact) mass is 343 g/mol. The first-order valence-electron chi connectivity index (χ1n) is 9.99. The maximum Gasteiger partial charge on any atom is 0.237 e. The van der Waals surface area contributed by atoms with Gasteiger partial charge in [-0.3, -0.25) is 9.69 Å². The lowest BCUT2D eigenvalue weighted by atomic mass is 9.89. The van der Waals surface area contributed by atoms with Crippen LogP contribution in [-0.4, -0.2) is 49.6 Å². The van der Waals surface area contributed by atoms with Crippen LogP contribution in [0.4, 0.5) is 0 Å². The summed E-state index contributed by atoms with van der Waals surface area (Å²) in [5, 5.41) is 6.59. The van der Waals surface area contributed by atoms with Crippen LogP contribution < -0.4 is 10.6 Å².